The third-order valence-electron chi connectivity index (χ3n) is 2.33. The number of H-pyrrole nitrogens is 1. The maximum atomic E-state index is 13.3. The van der Waals surface area contributed by atoms with Gasteiger partial charge in [0.15, 0.2) is 0 Å². The number of benzene rings is 1. The van der Waals surface area contributed by atoms with E-state index in [0.29, 0.717) is 11.1 Å². The molecule has 14 heavy (non-hydrogen) atoms. The van der Waals surface area contributed by atoms with Crippen LogP contribution >= 0.6 is 0 Å². The van der Waals surface area contributed by atoms with Gasteiger partial charge in [-0.1, -0.05) is 18.2 Å². The molecule has 2 rings (SSSR count). The highest BCUT2D eigenvalue weighted by Gasteiger charge is 2.29. The highest BCUT2D eigenvalue weighted by atomic mass is 19.3. The monoisotopic (exact) mass is 195 g/mol. The molecule has 1 N–H and O–H groups in total. The molecule has 1 aromatic carbocycles. The summed E-state index contributed by atoms with van der Waals surface area (Å²) >= 11 is 0. The number of para-hydroxylation sites is 1. The van der Waals surface area contributed by atoms with Crippen LogP contribution < -0.4 is 0 Å². The summed E-state index contributed by atoms with van der Waals surface area (Å²) < 4.78 is 26.5. The third kappa shape index (κ3) is 1.29. The second-order valence-electron chi connectivity index (χ2n) is 3.56. The molecule has 0 amide bonds. The predicted molar refractivity (Wildman–Crippen MR) is 52.6 cm³/mol. The Bertz CT molecular complexity index is 466. The zero-order valence-corrected chi connectivity index (χ0v) is 8.07. The molecule has 74 valence electrons. The minimum Gasteiger partial charge on any atom is -0.358 e. The number of aromatic nitrogens is 1. The highest BCUT2D eigenvalue weighted by molar-refractivity contribution is 5.85. The van der Waals surface area contributed by atoms with E-state index in [1.807, 2.05) is 6.07 Å². The van der Waals surface area contributed by atoms with Gasteiger partial charge >= 0.3 is 0 Å². The fraction of sp³-hybridized carbons (Fsp3) is 0.273. The maximum Gasteiger partial charge on any atom is 0.272 e. The topological polar surface area (TPSA) is 15.8 Å². The molecule has 0 saturated carbocycles. The van der Waals surface area contributed by atoms with E-state index in [-0.39, 0.29) is 5.56 Å². The summed E-state index contributed by atoms with van der Waals surface area (Å²) in [5, 5.41) is 0.609. The molecule has 0 aliphatic carbocycles. The van der Waals surface area contributed by atoms with E-state index in [1.165, 1.54) is 0 Å². The molecule has 2 aromatic rings. The van der Waals surface area contributed by atoms with E-state index in [2.05, 4.69) is 4.98 Å². The van der Waals surface area contributed by atoms with Crippen molar-refractivity contribution in [2.75, 3.05) is 0 Å². The average molecular weight is 195 g/mol. The quantitative estimate of drug-likeness (QED) is 0.715. The summed E-state index contributed by atoms with van der Waals surface area (Å²) in [5.74, 6) is -2.79. The van der Waals surface area contributed by atoms with Crippen LogP contribution in [0.15, 0.2) is 24.3 Å². The molecule has 1 aromatic heterocycles. The minimum atomic E-state index is -2.79. The molecule has 0 atom stereocenters. The summed E-state index contributed by atoms with van der Waals surface area (Å²) in [6, 6.07) is 7.11. The minimum absolute atomic E-state index is 0.105. The van der Waals surface area contributed by atoms with Crippen molar-refractivity contribution in [3.63, 3.8) is 0 Å². The Morgan fingerprint density at radius 1 is 1.21 bits per heavy atom. The lowest BCUT2D eigenvalue weighted by molar-refractivity contribution is 0.0184. The number of fused-ring (bicyclic) bond motifs is 1. The van der Waals surface area contributed by atoms with E-state index in [4.69, 9.17) is 0 Å². The van der Waals surface area contributed by atoms with Crippen molar-refractivity contribution in [3.05, 3.63) is 35.5 Å². The average Bonchev–Trinajstić information content (AvgIpc) is 2.38. The van der Waals surface area contributed by atoms with Gasteiger partial charge in [-0.25, -0.2) is 8.78 Å². The van der Waals surface area contributed by atoms with Gasteiger partial charge in [0.2, 0.25) is 0 Å². The van der Waals surface area contributed by atoms with E-state index >= 15 is 0 Å². The van der Waals surface area contributed by atoms with Gasteiger partial charge in [-0.3, -0.25) is 0 Å². The molecule has 0 fully saturated rings. The van der Waals surface area contributed by atoms with Gasteiger partial charge in [0, 0.05) is 29.1 Å². The maximum absolute atomic E-state index is 13.3. The van der Waals surface area contributed by atoms with Crippen molar-refractivity contribution in [2.24, 2.45) is 0 Å². The largest absolute Gasteiger partial charge is 0.358 e. The van der Waals surface area contributed by atoms with Crippen molar-refractivity contribution in [2.45, 2.75) is 19.8 Å². The zero-order valence-electron chi connectivity index (χ0n) is 8.07. The number of rotatable bonds is 1. The summed E-state index contributed by atoms with van der Waals surface area (Å²) in [7, 11) is 0. The Kier molecular flexibility index (Phi) is 1.84. The third-order valence-corrected chi connectivity index (χ3v) is 2.33. The standard InChI is InChI=1S/C11H11F2N/c1-7-10(11(2,12)13)8-5-3-4-6-9(8)14-7/h3-6,14H,1-2H3. The van der Waals surface area contributed by atoms with Crippen LogP contribution in [0.3, 0.4) is 0 Å². The number of hydrogen-bond donors (Lipinski definition) is 1. The van der Waals surface area contributed by atoms with E-state index in [9.17, 15) is 8.78 Å². The normalized spacial score (nSPS) is 12.3. The lowest BCUT2D eigenvalue weighted by Crippen LogP contribution is -2.07. The van der Waals surface area contributed by atoms with Crippen molar-refractivity contribution in [1.29, 1.82) is 0 Å². The molecule has 1 heterocycles. The molecule has 3 heteroatoms. The second-order valence-corrected chi connectivity index (χ2v) is 3.56. The van der Waals surface area contributed by atoms with Gasteiger partial charge in [-0.2, -0.15) is 0 Å². The predicted octanol–water partition coefficient (Wildman–Crippen LogP) is 3.59. The summed E-state index contributed by atoms with van der Waals surface area (Å²) in [6.45, 7) is 2.60. The van der Waals surface area contributed by atoms with Crippen LogP contribution in [0.5, 0.6) is 0 Å². The van der Waals surface area contributed by atoms with Crippen LogP contribution in [0.25, 0.3) is 10.9 Å². The van der Waals surface area contributed by atoms with Crippen LogP contribution in [0, 0.1) is 6.92 Å². The van der Waals surface area contributed by atoms with Crippen molar-refractivity contribution in [1.82, 2.24) is 4.98 Å². The number of hydrogen-bond acceptors (Lipinski definition) is 0. The molecule has 0 spiro atoms. The molecule has 0 saturated heterocycles. The van der Waals surface area contributed by atoms with Gasteiger partial charge in [0.1, 0.15) is 0 Å². The molecule has 0 aliphatic heterocycles. The first-order valence-corrected chi connectivity index (χ1v) is 4.46. The van der Waals surface area contributed by atoms with Gasteiger partial charge in [-0.05, 0) is 13.0 Å². The van der Waals surface area contributed by atoms with Crippen LogP contribution in [-0.4, -0.2) is 4.98 Å². The first-order valence-electron chi connectivity index (χ1n) is 4.46. The first kappa shape index (κ1) is 9.19. The van der Waals surface area contributed by atoms with Gasteiger partial charge < -0.3 is 4.98 Å². The number of aromatic amines is 1. The molecular weight excluding hydrogens is 184 g/mol. The van der Waals surface area contributed by atoms with Gasteiger partial charge in [0.05, 0.1) is 0 Å². The van der Waals surface area contributed by atoms with Gasteiger partial charge in [0.25, 0.3) is 5.92 Å². The summed E-state index contributed by atoms with van der Waals surface area (Å²) in [6.07, 6.45) is 0. The van der Waals surface area contributed by atoms with Crippen LogP contribution in [0.4, 0.5) is 8.78 Å². The Hall–Kier alpha value is -1.38. The van der Waals surface area contributed by atoms with E-state index < -0.39 is 5.92 Å². The number of alkyl halides is 2. The van der Waals surface area contributed by atoms with Crippen molar-refractivity contribution < 1.29 is 8.78 Å². The van der Waals surface area contributed by atoms with Crippen LogP contribution in [0.2, 0.25) is 0 Å². The Morgan fingerprint density at radius 2 is 1.86 bits per heavy atom. The zero-order chi connectivity index (χ0) is 10.3. The van der Waals surface area contributed by atoms with Crippen LogP contribution in [0.1, 0.15) is 18.2 Å². The number of halogens is 2. The van der Waals surface area contributed by atoms with E-state index in [1.54, 1.807) is 25.1 Å². The highest BCUT2D eigenvalue weighted by Crippen LogP contribution is 2.35. The molecule has 0 unspecified atom stereocenters. The lowest BCUT2D eigenvalue weighted by atomic mass is 10.1. The Balaban J connectivity index is 2.81. The fourth-order valence-electron chi connectivity index (χ4n) is 1.84. The fourth-order valence-corrected chi connectivity index (χ4v) is 1.84. The van der Waals surface area contributed by atoms with E-state index in [0.717, 1.165) is 12.4 Å². The smallest absolute Gasteiger partial charge is 0.272 e. The summed E-state index contributed by atoms with van der Waals surface area (Å²) in [5.41, 5.74) is 1.41. The molecular formula is C11H11F2N. The summed E-state index contributed by atoms with van der Waals surface area (Å²) in [4.78, 5) is 2.95. The van der Waals surface area contributed by atoms with Gasteiger partial charge in [-0.15, -0.1) is 0 Å². The van der Waals surface area contributed by atoms with Crippen molar-refractivity contribution in [3.8, 4) is 0 Å². The SMILES string of the molecule is Cc1[nH]c2ccccc2c1C(C)(F)F. The molecule has 0 radical (unpaired) electrons. The van der Waals surface area contributed by atoms with Crippen molar-refractivity contribution >= 4 is 10.9 Å². The number of aryl methyl sites for hydroxylation is 1. The number of nitrogens with one attached hydrogen (secondary N) is 1. The molecule has 0 aliphatic rings. The molecule has 1 nitrogen and oxygen atoms in total. The molecule has 0 bridgehead atoms. The van der Waals surface area contributed by atoms with Crippen LogP contribution in [-0.2, 0) is 5.92 Å². The Labute approximate surface area is 80.7 Å². The first-order chi connectivity index (χ1) is 6.50. The lowest BCUT2D eigenvalue weighted by Gasteiger charge is -2.10. The Morgan fingerprint density at radius 3 is 2.50 bits per heavy atom. The second kappa shape index (κ2) is 2.80.